The first-order valence-corrected chi connectivity index (χ1v) is 10.4. The van der Waals surface area contributed by atoms with Crippen LogP contribution in [-0.2, 0) is 20.6 Å². The SMILES string of the molecule is COC(OC)c1ccc2c(n1)[N+](C(N)=O)(c1ncc(Cl)c(OC3CCOC3)n1)CCC2. The second-order valence-corrected chi connectivity index (χ2v) is 7.83. The summed E-state index contributed by atoms with van der Waals surface area (Å²) in [5.74, 6) is 0.798. The lowest BCUT2D eigenvalue weighted by atomic mass is 10.0. The molecule has 0 aromatic carbocycles. The van der Waals surface area contributed by atoms with Crippen LogP contribution in [0.4, 0.5) is 16.6 Å². The lowest BCUT2D eigenvalue weighted by Crippen LogP contribution is -2.57. The van der Waals surface area contributed by atoms with Crippen molar-refractivity contribution in [3.05, 3.63) is 34.6 Å². The number of aromatic nitrogens is 3. The van der Waals surface area contributed by atoms with Gasteiger partial charge in [0.1, 0.15) is 23.4 Å². The van der Waals surface area contributed by atoms with Crippen molar-refractivity contribution in [2.24, 2.45) is 5.73 Å². The molecule has 10 nitrogen and oxygen atoms in total. The molecule has 2 aliphatic rings. The zero-order chi connectivity index (χ0) is 22.0. The number of carbonyl (C=O) groups is 1. The number of ether oxygens (including phenoxy) is 4. The summed E-state index contributed by atoms with van der Waals surface area (Å²) in [6, 6.07) is 3.07. The molecule has 166 valence electrons. The molecule has 0 spiro atoms. The van der Waals surface area contributed by atoms with Gasteiger partial charge in [-0.15, -0.1) is 9.47 Å². The molecule has 1 fully saturated rings. The molecule has 11 heteroatoms. The van der Waals surface area contributed by atoms with Crippen LogP contribution in [0.5, 0.6) is 5.88 Å². The Hall–Kier alpha value is -2.37. The van der Waals surface area contributed by atoms with Crippen molar-refractivity contribution in [1.82, 2.24) is 19.4 Å². The standard InChI is InChI=1S/C20H24ClN5O5/c1-28-18(29-2)15-6-5-12-4-3-8-26(19(22)27,16(12)24-15)20-23-10-14(21)17(25-20)31-13-7-9-30-11-13/h5-6,10,13,18H,3-4,7-9,11H2,1-2H3,(H-,22,27)/p+1. The Balaban J connectivity index is 1.82. The number of quaternary nitrogens is 1. The zero-order valence-electron chi connectivity index (χ0n) is 17.4. The highest BCUT2D eigenvalue weighted by molar-refractivity contribution is 6.31. The molecule has 2 atom stereocenters. The van der Waals surface area contributed by atoms with E-state index in [4.69, 9.17) is 41.3 Å². The minimum absolute atomic E-state index is 0.155. The Morgan fingerprint density at radius 1 is 1.32 bits per heavy atom. The van der Waals surface area contributed by atoms with E-state index in [2.05, 4.69) is 9.97 Å². The number of hydrogen-bond donors (Lipinski definition) is 1. The summed E-state index contributed by atoms with van der Waals surface area (Å²) >= 11 is 6.28. The van der Waals surface area contributed by atoms with E-state index in [1.54, 1.807) is 0 Å². The predicted molar refractivity (Wildman–Crippen MR) is 112 cm³/mol. The number of nitrogens with two attached hydrogens (primary N) is 1. The number of primary amides is 1. The Bertz CT molecular complexity index is 967. The fourth-order valence-corrected chi connectivity index (χ4v) is 4.12. The average molecular weight is 451 g/mol. The Morgan fingerprint density at radius 3 is 2.81 bits per heavy atom. The molecule has 31 heavy (non-hydrogen) atoms. The molecule has 2 N–H and O–H groups in total. The first kappa shape index (κ1) is 21.8. The topological polar surface area (TPSA) is 119 Å². The third kappa shape index (κ3) is 3.97. The maximum atomic E-state index is 12.9. The summed E-state index contributed by atoms with van der Waals surface area (Å²) in [4.78, 5) is 26.5. The van der Waals surface area contributed by atoms with Crippen molar-refractivity contribution in [2.75, 3.05) is 34.0 Å². The number of methoxy groups -OCH3 is 2. The van der Waals surface area contributed by atoms with Crippen molar-refractivity contribution in [1.29, 1.82) is 0 Å². The number of amides is 2. The molecule has 1 saturated heterocycles. The van der Waals surface area contributed by atoms with Crippen molar-refractivity contribution in [2.45, 2.75) is 31.7 Å². The second-order valence-electron chi connectivity index (χ2n) is 7.42. The van der Waals surface area contributed by atoms with Gasteiger partial charge in [0.05, 0.1) is 19.4 Å². The summed E-state index contributed by atoms with van der Waals surface area (Å²) in [6.45, 7) is 1.42. The van der Waals surface area contributed by atoms with Gasteiger partial charge in [0.25, 0.3) is 0 Å². The van der Waals surface area contributed by atoms with E-state index < -0.39 is 16.8 Å². The monoisotopic (exact) mass is 450 g/mol. The predicted octanol–water partition coefficient (Wildman–Crippen LogP) is 2.65. The van der Waals surface area contributed by atoms with Crippen LogP contribution in [0, 0.1) is 0 Å². The highest BCUT2D eigenvalue weighted by Gasteiger charge is 2.49. The minimum atomic E-state index is -0.686. The number of hydrogen-bond acceptors (Lipinski definition) is 8. The molecular weight excluding hydrogens is 426 g/mol. The minimum Gasteiger partial charge on any atom is -0.471 e. The smallest absolute Gasteiger partial charge is 0.428 e. The van der Waals surface area contributed by atoms with E-state index in [9.17, 15) is 4.79 Å². The molecule has 4 heterocycles. The summed E-state index contributed by atoms with van der Waals surface area (Å²) in [5.41, 5.74) is 7.35. The number of halogens is 1. The number of aryl methyl sites for hydroxylation is 1. The van der Waals surface area contributed by atoms with Gasteiger partial charge in [-0.05, 0) is 18.6 Å². The van der Waals surface area contributed by atoms with Crippen molar-refractivity contribution < 1.29 is 23.7 Å². The van der Waals surface area contributed by atoms with Crippen LogP contribution in [-0.4, -0.2) is 61.1 Å². The summed E-state index contributed by atoms with van der Waals surface area (Å²) < 4.78 is 21.5. The van der Waals surface area contributed by atoms with Gasteiger partial charge in [0.2, 0.25) is 18.0 Å². The number of carbonyl (C=O) groups excluding carboxylic acids is 1. The van der Waals surface area contributed by atoms with Crippen LogP contribution >= 0.6 is 11.6 Å². The normalized spacial score (nSPS) is 23.0. The van der Waals surface area contributed by atoms with Gasteiger partial charge >= 0.3 is 12.0 Å². The highest BCUT2D eigenvalue weighted by atomic mass is 35.5. The van der Waals surface area contributed by atoms with Gasteiger partial charge in [0.15, 0.2) is 0 Å². The zero-order valence-corrected chi connectivity index (χ0v) is 18.2. The van der Waals surface area contributed by atoms with E-state index in [-0.39, 0.29) is 23.0 Å². The second kappa shape index (κ2) is 9.01. The molecule has 2 aliphatic heterocycles. The maximum Gasteiger partial charge on any atom is 0.428 e. The molecule has 2 aromatic rings. The van der Waals surface area contributed by atoms with Gasteiger partial charge < -0.3 is 24.7 Å². The van der Waals surface area contributed by atoms with E-state index in [1.165, 1.54) is 20.4 Å². The third-order valence-electron chi connectivity index (χ3n) is 5.53. The highest BCUT2D eigenvalue weighted by Crippen LogP contribution is 2.40. The quantitative estimate of drug-likeness (QED) is 0.527. The third-order valence-corrected chi connectivity index (χ3v) is 5.79. The van der Waals surface area contributed by atoms with E-state index in [0.717, 1.165) is 18.4 Å². The maximum absolute atomic E-state index is 12.9. The fourth-order valence-electron chi connectivity index (χ4n) is 3.98. The average Bonchev–Trinajstić information content (AvgIpc) is 3.28. The van der Waals surface area contributed by atoms with E-state index in [0.29, 0.717) is 37.7 Å². The van der Waals surface area contributed by atoms with Gasteiger partial charge in [0, 0.05) is 32.6 Å². The number of fused-ring (bicyclic) bond motifs is 1. The van der Waals surface area contributed by atoms with Gasteiger partial charge in [-0.2, -0.15) is 9.97 Å². The van der Waals surface area contributed by atoms with Gasteiger partial charge in [-0.1, -0.05) is 11.6 Å². The summed E-state index contributed by atoms with van der Waals surface area (Å²) in [5, 5.41) is 0.246. The van der Waals surface area contributed by atoms with Crippen LogP contribution in [0.15, 0.2) is 18.3 Å². The number of nitrogens with zero attached hydrogens (tertiary/aromatic N) is 4. The Kier molecular flexibility index (Phi) is 6.35. The molecular formula is C20H25ClN5O5+. The number of urea groups is 1. The fraction of sp³-hybridized carbons (Fsp3) is 0.500. The first-order valence-electron chi connectivity index (χ1n) is 10.0. The van der Waals surface area contributed by atoms with Crippen molar-refractivity contribution in [3.8, 4) is 5.88 Å². The molecule has 2 unspecified atom stereocenters. The van der Waals surface area contributed by atoms with Crippen molar-refractivity contribution >= 4 is 29.4 Å². The number of pyridine rings is 1. The van der Waals surface area contributed by atoms with E-state index >= 15 is 0 Å². The van der Waals surface area contributed by atoms with Gasteiger partial charge in [-0.3, -0.25) is 0 Å². The lowest BCUT2D eigenvalue weighted by Gasteiger charge is -2.34. The molecule has 0 aliphatic carbocycles. The largest absolute Gasteiger partial charge is 0.471 e. The Labute approximate surface area is 184 Å². The van der Waals surface area contributed by atoms with Crippen LogP contribution in [0.3, 0.4) is 0 Å². The summed E-state index contributed by atoms with van der Waals surface area (Å²) in [6.07, 6.45) is 2.75. The number of rotatable bonds is 6. The van der Waals surface area contributed by atoms with E-state index in [1.807, 2.05) is 12.1 Å². The summed E-state index contributed by atoms with van der Waals surface area (Å²) in [7, 11) is 3.04. The lowest BCUT2D eigenvalue weighted by molar-refractivity contribution is -0.108. The molecule has 2 amide bonds. The molecule has 4 rings (SSSR count). The van der Waals surface area contributed by atoms with Crippen LogP contribution in [0.25, 0.3) is 0 Å². The van der Waals surface area contributed by atoms with Crippen LogP contribution in [0.1, 0.15) is 30.4 Å². The molecule has 0 saturated carbocycles. The van der Waals surface area contributed by atoms with Gasteiger partial charge in [-0.25, -0.2) is 4.79 Å². The first-order chi connectivity index (χ1) is 15.0. The van der Waals surface area contributed by atoms with Crippen LogP contribution in [0.2, 0.25) is 5.02 Å². The van der Waals surface area contributed by atoms with Crippen LogP contribution < -0.4 is 15.0 Å². The van der Waals surface area contributed by atoms with Crippen molar-refractivity contribution in [3.63, 3.8) is 0 Å². The Morgan fingerprint density at radius 2 is 2.13 bits per heavy atom. The molecule has 2 aromatic heterocycles. The molecule has 0 bridgehead atoms. The molecule has 0 radical (unpaired) electrons.